The van der Waals surface area contributed by atoms with Crippen LogP contribution in [0.1, 0.15) is 28.8 Å². The number of piperidine rings is 1. The zero-order chi connectivity index (χ0) is 20.1. The lowest BCUT2D eigenvalue weighted by Gasteiger charge is -2.32. The van der Waals surface area contributed by atoms with E-state index in [0.717, 1.165) is 43.9 Å². The van der Waals surface area contributed by atoms with E-state index in [0.29, 0.717) is 11.5 Å². The quantitative estimate of drug-likeness (QED) is 0.648. The maximum atomic E-state index is 12.6. The van der Waals surface area contributed by atoms with E-state index in [4.69, 9.17) is 4.74 Å². The van der Waals surface area contributed by atoms with Gasteiger partial charge in [0.1, 0.15) is 17.2 Å². The Morgan fingerprint density at radius 3 is 2.38 bits per heavy atom. The van der Waals surface area contributed by atoms with Gasteiger partial charge >= 0.3 is 0 Å². The Morgan fingerprint density at radius 2 is 1.62 bits per heavy atom. The molecule has 0 radical (unpaired) electrons. The summed E-state index contributed by atoms with van der Waals surface area (Å²) < 4.78 is 5.94. The highest BCUT2D eigenvalue weighted by molar-refractivity contribution is 5.94. The van der Waals surface area contributed by atoms with Crippen molar-refractivity contribution in [3.8, 4) is 17.2 Å². The number of hydrogen-bond acceptors (Lipinski definition) is 3. The molecule has 0 unspecified atom stereocenters. The van der Waals surface area contributed by atoms with Crippen LogP contribution in [0.25, 0.3) is 0 Å². The second kappa shape index (κ2) is 8.82. The van der Waals surface area contributed by atoms with Gasteiger partial charge in [-0.2, -0.15) is 0 Å². The molecule has 0 aromatic heterocycles. The SMILES string of the molecule is O=C(c1cccc(O)c1)N1CCC(Cc2cccc(Oc3ccccc3)c2)CC1. The number of ether oxygens (including phenoxy) is 1. The van der Waals surface area contributed by atoms with E-state index in [1.54, 1.807) is 18.2 Å². The minimum Gasteiger partial charge on any atom is -0.508 e. The highest BCUT2D eigenvalue weighted by Crippen LogP contribution is 2.27. The molecule has 4 nitrogen and oxygen atoms in total. The summed E-state index contributed by atoms with van der Waals surface area (Å²) in [6.07, 6.45) is 2.95. The first kappa shape index (κ1) is 19.1. The first-order valence-electron chi connectivity index (χ1n) is 10.1. The Hall–Kier alpha value is -3.27. The number of rotatable bonds is 5. The zero-order valence-corrected chi connectivity index (χ0v) is 16.3. The van der Waals surface area contributed by atoms with Gasteiger partial charge in [0.25, 0.3) is 5.91 Å². The number of nitrogens with zero attached hydrogens (tertiary/aromatic N) is 1. The van der Waals surface area contributed by atoms with Crippen molar-refractivity contribution in [3.63, 3.8) is 0 Å². The Kier molecular flexibility index (Phi) is 5.80. The normalized spacial score (nSPS) is 14.6. The highest BCUT2D eigenvalue weighted by Gasteiger charge is 2.24. The summed E-state index contributed by atoms with van der Waals surface area (Å²) in [6, 6.07) is 24.6. The van der Waals surface area contributed by atoms with Crippen molar-refractivity contribution in [3.05, 3.63) is 90.0 Å². The van der Waals surface area contributed by atoms with Gasteiger partial charge in [-0.05, 0) is 73.2 Å². The van der Waals surface area contributed by atoms with Gasteiger partial charge in [-0.15, -0.1) is 0 Å². The summed E-state index contributed by atoms with van der Waals surface area (Å²) in [4.78, 5) is 14.5. The topological polar surface area (TPSA) is 49.8 Å². The molecule has 29 heavy (non-hydrogen) atoms. The predicted molar refractivity (Wildman–Crippen MR) is 113 cm³/mol. The van der Waals surface area contributed by atoms with Crippen molar-refractivity contribution in [1.29, 1.82) is 0 Å². The molecule has 148 valence electrons. The summed E-state index contributed by atoms with van der Waals surface area (Å²) >= 11 is 0. The summed E-state index contributed by atoms with van der Waals surface area (Å²) in [5.74, 6) is 2.37. The van der Waals surface area contributed by atoms with Gasteiger partial charge in [-0.1, -0.05) is 36.4 Å². The lowest BCUT2D eigenvalue weighted by molar-refractivity contribution is 0.0690. The fourth-order valence-corrected chi connectivity index (χ4v) is 3.86. The average Bonchev–Trinajstić information content (AvgIpc) is 2.75. The lowest BCUT2D eigenvalue weighted by atomic mass is 9.90. The van der Waals surface area contributed by atoms with Crippen LogP contribution in [-0.2, 0) is 6.42 Å². The number of carbonyl (C=O) groups excluding carboxylic acids is 1. The van der Waals surface area contributed by atoms with Crippen LogP contribution < -0.4 is 4.74 Å². The second-order valence-electron chi connectivity index (χ2n) is 7.55. The van der Waals surface area contributed by atoms with E-state index < -0.39 is 0 Å². The molecule has 1 aliphatic heterocycles. The molecule has 1 amide bonds. The molecule has 3 aromatic carbocycles. The van der Waals surface area contributed by atoms with Gasteiger partial charge < -0.3 is 14.7 Å². The number of phenolic OH excluding ortho intramolecular Hbond substituents is 1. The molecule has 0 saturated carbocycles. The number of hydrogen-bond donors (Lipinski definition) is 1. The third kappa shape index (κ3) is 4.96. The van der Waals surface area contributed by atoms with Crippen molar-refractivity contribution in [2.24, 2.45) is 5.92 Å². The number of likely N-dealkylation sites (tertiary alicyclic amines) is 1. The summed E-state index contributed by atoms with van der Waals surface area (Å²) in [5, 5.41) is 9.60. The van der Waals surface area contributed by atoms with Crippen molar-refractivity contribution < 1.29 is 14.6 Å². The number of para-hydroxylation sites is 1. The first-order valence-corrected chi connectivity index (χ1v) is 10.1. The molecule has 4 rings (SSSR count). The monoisotopic (exact) mass is 387 g/mol. The number of amides is 1. The maximum Gasteiger partial charge on any atom is 0.253 e. The van der Waals surface area contributed by atoms with Crippen LogP contribution in [0.3, 0.4) is 0 Å². The summed E-state index contributed by atoms with van der Waals surface area (Å²) in [7, 11) is 0. The third-order valence-corrected chi connectivity index (χ3v) is 5.40. The van der Waals surface area contributed by atoms with Gasteiger partial charge in [0.2, 0.25) is 0 Å². The number of aromatic hydroxyl groups is 1. The Balaban J connectivity index is 1.33. The van der Waals surface area contributed by atoms with Crippen LogP contribution in [-0.4, -0.2) is 29.0 Å². The number of benzene rings is 3. The second-order valence-corrected chi connectivity index (χ2v) is 7.55. The molecule has 0 aliphatic carbocycles. The van der Waals surface area contributed by atoms with Gasteiger partial charge in [0.05, 0.1) is 0 Å². The molecule has 4 heteroatoms. The minimum absolute atomic E-state index is 0.00221. The van der Waals surface area contributed by atoms with Crippen LogP contribution in [0, 0.1) is 5.92 Å². The molecule has 1 saturated heterocycles. The summed E-state index contributed by atoms with van der Waals surface area (Å²) in [6.45, 7) is 1.50. The Bertz CT molecular complexity index is 963. The van der Waals surface area contributed by atoms with Crippen molar-refractivity contribution >= 4 is 5.91 Å². The lowest BCUT2D eigenvalue weighted by Crippen LogP contribution is -2.38. The van der Waals surface area contributed by atoms with Crippen molar-refractivity contribution in [1.82, 2.24) is 4.90 Å². The predicted octanol–water partition coefficient (Wildman–Crippen LogP) is 5.28. The molecule has 0 atom stereocenters. The molecule has 1 N–H and O–H groups in total. The molecule has 1 aliphatic rings. The molecule has 0 spiro atoms. The fraction of sp³-hybridized carbons (Fsp3) is 0.240. The van der Waals surface area contributed by atoms with Crippen LogP contribution >= 0.6 is 0 Å². The molecule has 3 aromatic rings. The smallest absolute Gasteiger partial charge is 0.253 e. The van der Waals surface area contributed by atoms with Gasteiger partial charge in [0, 0.05) is 18.7 Å². The van der Waals surface area contributed by atoms with Crippen molar-refractivity contribution in [2.75, 3.05) is 13.1 Å². The van der Waals surface area contributed by atoms with Gasteiger partial charge in [-0.25, -0.2) is 0 Å². The fourth-order valence-electron chi connectivity index (χ4n) is 3.86. The van der Waals surface area contributed by atoms with Crippen LogP contribution in [0.5, 0.6) is 17.2 Å². The number of carbonyl (C=O) groups is 1. The zero-order valence-electron chi connectivity index (χ0n) is 16.3. The highest BCUT2D eigenvalue weighted by atomic mass is 16.5. The first-order chi connectivity index (χ1) is 14.2. The van der Waals surface area contributed by atoms with Crippen molar-refractivity contribution in [2.45, 2.75) is 19.3 Å². The van der Waals surface area contributed by atoms with Crippen LogP contribution in [0.4, 0.5) is 0 Å². The van der Waals surface area contributed by atoms with E-state index >= 15 is 0 Å². The van der Waals surface area contributed by atoms with E-state index in [2.05, 4.69) is 12.1 Å². The molecule has 1 heterocycles. The molecular formula is C25H25NO3. The van der Waals surface area contributed by atoms with Gasteiger partial charge in [0.15, 0.2) is 0 Å². The van der Waals surface area contributed by atoms with Gasteiger partial charge in [-0.3, -0.25) is 4.79 Å². The van der Waals surface area contributed by atoms with E-state index in [-0.39, 0.29) is 11.7 Å². The van der Waals surface area contributed by atoms with E-state index in [1.807, 2.05) is 47.4 Å². The Labute approximate surface area is 171 Å². The number of phenols is 1. The van der Waals surface area contributed by atoms with Crippen LogP contribution in [0.15, 0.2) is 78.9 Å². The van der Waals surface area contributed by atoms with E-state index in [1.165, 1.54) is 11.6 Å². The minimum atomic E-state index is -0.00221. The largest absolute Gasteiger partial charge is 0.508 e. The molecular weight excluding hydrogens is 362 g/mol. The summed E-state index contributed by atoms with van der Waals surface area (Å²) in [5.41, 5.74) is 1.81. The average molecular weight is 387 g/mol. The Morgan fingerprint density at radius 1 is 0.897 bits per heavy atom. The molecule has 0 bridgehead atoms. The molecule has 1 fully saturated rings. The standard InChI is InChI=1S/C25H25NO3/c27-22-8-5-7-21(18-22)25(28)26-14-12-19(13-15-26)16-20-6-4-11-24(17-20)29-23-9-2-1-3-10-23/h1-11,17-19,27H,12-16H2. The van der Waals surface area contributed by atoms with Crippen LogP contribution in [0.2, 0.25) is 0 Å². The van der Waals surface area contributed by atoms with E-state index in [9.17, 15) is 9.90 Å². The maximum absolute atomic E-state index is 12.6. The third-order valence-electron chi connectivity index (χ3n) is 5.40.